The molecule has 1 aliphatic heterocycles. The van der Waals surface area contributed by atoms with Crippen LogP contribution in [0.4, 0.5) is 5.95 Å². The third kappa shape index (κ3) is 2.87. The summed E-state index contributed by atoms with van der Waals surface area (Å²) in [7, 11) is 1.70. The predicted octanol–water partition coefficient (Wildman–Crippen LogP) is 0.935. The molecule has 2 aromatic rings. The van der Waals surface area contributed by atoms with Gasteiger partial charge in [0.15, 0.2) is 0 Å². The van der Waals surface area contributed by atoms with Crippen LogP contribution in [0.25, 0.3) is 0 Å². The Kier molecular flexibility index (Phi) is 3.83. The van der Waals surface area contributed by atoms with Crippen molar-refractivity contribution in [2.75, 3.05) is 31.7 Å². The molecule has 0 bridgehead atoms. The first-order chi connectivity index (χ1) is 10.2. The lowest BCUT2D eigenvalue weighted by molar-refractivity contribution is 0.185. The molecular formula is C14H20N6O. The zero-order chi connectivity index (χ0) is 14.8. The first kappa shape index (κ1) is 13.9. The van der Waals surface area contributed by atoms with E-state index in [-0.39, 0.29) is 0 Å². The fourth-order valence-corrected chi connectivity index (χ4v) is 2.60. The van der Waals surface area contributed by atoms with E-state index in [0.717, 1.165) is 42.8 Å². The van der Waals surface area contributed by atoms with Crippen LogP contribution in [0, 0.1) is 13.8 Å². The Labute approximate surface area is 124 Å². The Morgan fingerprint density at radius 3 is 2.62 bits per heavy atom. The molecule has 2 aromatic heterocycles. The lowest BCUT2D eigenvalue weighted by Gasteiger charge is -2.38. The van der Waals surface area contributed by atoms with Gasteiger partial charge in [-0.05, 0) is 19.9 Å². The van der Waals surface area contributed by atoms with Crippen molar-refractivity contribution in [2.24, 2.45) is 0 Å². The molecule has 0 saturated carbocycles. The van der Waals surface area contributed by atoms with E-state index < -0.39 is 0 Å². The molecule has 7 heteroatoms. The van der Waals surface area contributed by atoms with Crippen molar-refractivity contribution >= 4 is 5.95 Å². The zero-order valence-corrected chi connectivity index (χ0v) is 12.7. The zero-order valence-electron chi connectivity index (χ0n) is 12.7. The number of aryl methyl sites for hydroxylation is 2. The highest BCUT2D eigenvalue weighted by molar-refractivity contribution is 5.38. The molecule has 21 heavy (non-hydrogen) atoms. The van der Waals surface area contributed by atoms with Gasteiger partial charge in [-0.15, -0.1) is 10.2 Å². The summed E-state index contributed by atoms with van der Waals surface area (Å²) in [5.41, 5.74) is 2.01. The lowest BCUT2D eigenvalue weighted by Crippen LogP contribution is -2.47. The van der Waals surface area contributed by atoms with Crippen molar-refractivity contribution in [3.63, 3.8) is 0 Å². The van der Waals surface area contributed by atoms with E-state index >= 15 is 0 Å². The molecule has 7 nitrogen and oxygen atoms in total. The highest BCUT2D eigenvalue weighted by atomic mass is 16.5. The molecule has 0 spiro atoms. The fourth-order valence-electron chi connectivity index (χ4n) is 2.60. The minimum absolute atomic E-state index is 0.383. The number of anilines is 1. The van der Waals surface area contributed by atoms with Gasteiger partial charge in [0.05, 0.1) is 12.5 Å². The summed E-state index contributed by atoms with van der Waals surface area (Å²) in [5, 5.41) is 8.26. The summed E-state index contributed by atoms with van der Waals surface area (Å²) in [6, 6.07) is 1.99. The summed E-state index contributed by atoms with van der Waals surface area (Å²) >= 11 is 0. The predicted molar refractivity (Wildman–Crippen MR) is 78.4 cm³/mol. The molecule has 0 aliphatic carbocycles. The molecule has 0 atom stereocenters. The summed E-state index contributed by atoms with van der Waals surface area (Å²) < 4.78 is 7.17. The van der Waals surface area contributed by atoms with E-state index in [0.29, 0.717) is 12.5 Å². The maximum Gasteiger partial charge on any atom is 0.225 e. The minimum atomic E-state index is 0.383. The number of methoxy groups -OCH3 is 1. The van der Waals surface area contributed by atoms with E-state index in [1.165, 1.54) is 0 Å². The monoisotopic (exact) mass is 288 g/mol. The number of aromatic nitrogens is 5. The van der Waals surface area contributed by atoms with Gasteiger partial charge in [0.2, 0.25) is 5.95 Å². The first-order valence-corrected chi connectivity index (χ1v) is 7.11. The smallest absolute Gasteiger partial charge is 0.225 e. The Bertz CT molecular complexity index is 599. The van der Waals surface area contributed by atoms with Crippen LogP contribution in [0.3, 0.4) is 0 Å². The lowest BCUT2D eigenvalue weighted by atomic mass is 10.00. The SMILES string of the molecule is COCCn1cnnc1C1CN(c2nc(C)cc(C)n2)C1. The number of rotatable bonds is 5. The largest absolute Gasteiger partial charge is 0.383 e. The second-order valence-corrected chi connectivity index (χ2v) is 5.43. The quantitative estimate of drug-likeness (QED) is 0.815. The maximum atomic E-state index is 5.11. The molecule has 0 N–H and O–H groups in total. The van der Waals surface area contributed by atoms with Gasteiger partial charge in [0.25, 0.3) is 0 Å². The molecule has 1 saturated heterocycles. The van der Waals surface area contributed by atoms with Crippen molar-refractivity contribution in [2.45, 2.75) is 26.3 Å². The summed E-state index contributed by atoms with van der Waals surface area (Å²) in [4.78, 5) is 11.2. The van der Waals surface area contributed by atoms with Gasteiger partial charge >= 0.3 is 0 Å². The molecule has 3 heterocycles. The van der Waals surface area contributed by atoms with Crippen LogP contribution in [0.2, 0.25) is 0 Å². The molecular weight excluding hydrogens is 268 g/mol. The fraction of sp³-hybridized carbons (Fsp3) is 0.571. The van der Waals surface area contributed by atoms with Crippen molar-refractivity contribution in [3.8, 4) is 0 Å². The normalized spacial score (nSPS) is 15.3. The van der Waals surface area contributed by atoms with Gasteiger partial charge in [-0.1, -0.05) is 0 Å². The molecule has 1 fully saturated rings. The van der Waals surface area contributed by atoms with Gasteiger partial charge in [-0.2, -0.15) is 0 Å². The van der Waals surface area contributed by atoms with Gasteiger partial charge in [-0.25, -0.2) is 9.97 Å². The Morgan fingerprint density at radius 1 is 1.24 bits per heavy atom. The van der Waals surface area contributed by atoms with Crippen LogP contribution in [0.15, 0.2) is 12.4 Å². The molecule has 0 amide bonds. The number of nitrogens with zero attached hydrogens (tertiary/aromatic N) is 6. The van der Waals surface area contributed by atoms with Gasteiger partial charge in [-0.3, -0.25) is 0 Å². The molecule has 112 valence electrons. The standard InChI is InChI=1S/C14H20N6O/c1-10-6-11(2)17-14(16-10)20-7-12(8-20)13-18-15-9-19(13)4-5-21-3/h6,9,12H,4-5,7-8H2,1-3H3. The highest BCUT2D eigenvalue weighted by Crippen LogP contribution is 2.28. The molecule has 1 aliphatic rings. The summed E-state index contributed by atoms with van der Waals surface area (Å²) in [5.74, 6) is 2.22. The van der Waals surface area contributed by atoms with Crippen LogP contribution in [-0.4, -0.2) is 51.5 Å². The maximum absolute atomic E-state index is 5.11. The topological polar surface area (TPSA) is 69.0 Å². The van der Waals surface area contributed by atoms with Gasteiger partial charge in [0.1, 0.15) is 12.2 Å². The third-order valence-electron chi connectivity index (χ3n) is 3.68. The molecule has 0 aromatic carbocycles. The molecule has 3 rings (SSSR count). The van der Waals surface area contributed by atoms with Crippen LogP contribution >= 0.6 is 0 Å². The van der Waals surface area contributed by atoms with Crippen LogP contribution in [-0.2, 0) is 11.3 Å². The second-order valence-electron chi connectivity index (χ2n) is 5.43. The Balaban J connectivity index is 1.66. The number of hydrogen-bond acceptors (Lipinski definition) is 6. The van der Waals surface area contributed by atoms with E-state index in [4.69, 9.17) is 4.74 Å². The highest BCUT2D eigenvalue weighted by Gasteiger charge is 2.33. The summed E-state index contributed by atoms with van der Waals surface area (Å²) in [6.45, 7) is 7.22. The Hall–Kier alpha value is -2.02. The van der Waals surface area contributed by atoms with Crippen molar-refractivity contribution in [1.82, 2.24) is 24.7 Å². The van der Waals surface area contributed by atoms with E-state index in [1.54, 1.807) is 13.4 Å². The minimum Gasteiger partial charge on any atom is -0.383 e. The third-order valence-corrected chi connectivity index (χ3v) is 3.68. The van der Waals surface area contributed by atoms with Crippen LogP contribution < -0.4 is 4.90 Å². The second kappa shape index (κ2) is 5.77. The molecule has 0 radical (unpaired) electrons. The van der Waals surface area contributed by atoms with Crippen LogP contribution in [0.5, 0.6) is 0 Å². The van der Waals surface area contributed by atoms with Crippen LogP contribution in [0.1, 0.15) is 23.1 Å². The Morgan fingerprint density at radius 2 is 1.95 bits per heavy atom. The van der Waals surface area contributed by atoms with Gasteiger partial charge < -0.3 is 14.2 Å². The first-order valence-electron chi connectivity index (χ1n) is 7.11. The van der Waals surface area contributed by atoms with E-state index in [2.05, 4.69) is 29.6 Å². The van der Waals surface area contributed by atoms with Crippen molar-refractivity contribution in [1.29, 1.82) is 0 Å². The van der Waals surface area contributed by atoms with Crippen molar-refractivity contribution in [3.05, 3.63) is 29.6 Å². The average molecular weight is 288 g/mol. The van der Waals surface area contributed by atoms with E-state index in [1.807, 2.05) is 19.9 Å². The average Bonchev–Trinajstić information content (AvgIpc) is 2.81. The van der Waals surface area contributed by atoms with Gasteiger partial charge in [0, 0.05) is 38.1 Å². The van der Waals surface area contributed by atoms with E-state index in [9.17, 15) is 0 Å². The van der Waals surface area contributed by atoms with Crippen molar-refractivity contribution < 1.29 is 4.74 Å². The summed E-state index contributed by atoms with van der Waals surface area (Å²) in [6.07, 6.45) is 1.77. The number of hydrogen-bond donors (Lipinski definition) is 0. The molecule has 0 unspecified atom stereocenters. The number of ether oxygens (including phenoxy) is 1.